The molecule has 2 rings (SSSR count). The maximum atomic E-state index is 5.52. The molecule has 2 heterocycles. The van der Waals surface area contributed by atoms with Gasteiger partial charge in [0, 0.05) is 17.8 Å². The molecule has 1 fully saturated rings. The standard InChI is InChI=1S/C10H16N2O/c11-4-1-3-10(7-13-8-10)9-2-5-12-6-9/h2,5-6,12H,1,3-4,7-8,11H2. The van der Waals surface area contributed by atoms with Crippen molar-refractivity contribution in [3.63, 3.8) is 0 Å². The summed E-state index contributed by atoms with van der Waals surface area (Å²) < 4.78 is 5.30. The van der Waals surface area contributed by atoms with Crippen molar-refractivity contribution >= 4 is 0 Å². The smallest absolute Gasteiger partial charge is 0.0586 e. The van der Waals surface area contributed by atoms with Crippen LogP contribution in [-0.4, -0.2) is 24.7 Å². The van der Waals surface area contributed by atoms with E-state index in [9.17, 15) is 0 Å². The predicted molar refractivity (Wildman–Crippen MR) is 51.6 cm³/mol. The van der Waals surface area contributed by atoms with E-state index in [-0.39, 0.29) is 5.41 Å². The molecule has 1 aliphatic heterocycles. The molecule has 0 aromatic carbocycles. The number of nitrogens with two attached hydrogens (primary N) is 1. The molecule has 3 heteroatoms. The van der Waals surface area contributed by atoms with Gasteiger partial charge in [0.1, 0.15) is 0 Å². The van der Waals surface area contributed by atoms with Crippen molar-refractivity contribution in [2.45, 2.75) is 18.3 Å². The number of rotatable bonds is 4. The van der Waals surface area contributed by atoms with Gasteiger partial charge in [0.05, 0.1) is 13.2 Å². The van der Waals surface area contributed by atoms with Gasteiger partial charge >= 0.3 is 0 Å². The first kappa shape index (κ1) is 8.78. The Hall–Kier alpha value is -0.800. The van der Waals surface area contributed by atoms with E-state index >= 15 is 0 Å². The number of aromatic nitrogens is 1. The molecule has 0 atom stereocenters. The van der Waals surface area contributed by atoms with Crippen LogP contribution in [0.25, 0.3) is 0 Å². The maximum absolute atomic E-state index is 5.52. The number of H-pyrrole nitrogens is 1. The lowest BCUT2D eigenvalue weighted by molar-refractivity contribution is -0.0648. The van der Waals surface area contributed by atoms with E-state index < -0.39 is 0 Å². The van der Waals surface area contributed by atoms with Gasteiger partial charge in [-0.15, -0.1) is 0 Å². The Labute approximate surface area is 78.3 Å². The average molecular weight is 180 g/mol. The van der Waals surface area contributed by atoms with Crippen LogP contribution in [0.5, 0.6) is 0 Å². The van der Waals surface area contributed by atoms with Crippen molar-refractivity contribution in [2.75, 3.05) is 19.8 Å². The summed E-state index contributed by atoms with van der Waals surface area (Å²) in [6.07, 6.45) is 6.26. The van der Waals surface area contributed by atoms with E-state index in [1.165, 1.54) is 5.56 Å². The zero-order valence-corrected chi connectivity index (χ0v) is 7.75. The van der Waals surface area contributed by atoms with Crippen LogP contribution in [0.2, 0.25) is 0 Å². The average Bonchev–Trinajstić information content (AvgIpc) is 2.56. The summed E-state index contributed by atoms with van der Waals surface area (Å²) in [5.74, 6) is 0. The van der Waals surface area contributed by atoms with Crippen LogP contribution in [0.1, 0.15) is 18.4 Å². The highest BCUT2D eigenvalue weighted by Gasteiger charge is 2.39. The Morgan fingerprint density at radius 3 is 2.85 bits per heavy atom. The minimum atomic E-state index is 0.263. The molecule has 0 aliphatic carbocycles. The second kappa shape index (κ2) is 3.52. The predicted octanol–water partition coefficient (Wildman–Crippen LogP) is 1.02. The van der Waals surface area contributed by atoms with Gasteiger partial charge in [-0.05, 0) is 31.0 Å². The molecule has 72 valence electrons. The number of hydrogen-bond donors (Lipinski definition) is 2. The summed E-state index contributed by atoms with van der Waals surface area (Å²) in [7, 11) is 0. The van der Waals surface area contributed by atoms with Crippen molar-refractivity contribution in [1.82, 2.24) is 4.98 Å². The van der Waals surface area contributed by atoms with Crippen molar-refractivity contribution < 1.29 is 4.74 Å². The molecule has 0 saturated carbocycles. The van der Waals surface area contributed by atoms with Crippen LogP contribution >= 0.6 is 0 Å². The van der Waals surface area contributed by atoms with E-state index in [4.69, 9.17) is 10.5 Å². The topological polar surface area (TPSA) is 51.0 Å². The van der Waals surface area contributed by atoms with Gasteiger partial charge in [-0.2, -0.15) is 0 Å². The summed E-state index contributed by atoms with van der Waals surface area (Å²) in [5.41, 5.74) is 7.15. The lowest BCUT2D eigenvalue weighted by Crippen LogP contribution is -2.46. The van der Waals surface area contributed by atoms with Crippen LogP contribution in [0.4, 0.5) is 0 Å². The maximum Gasteiger partial charge on any atom is 0.0586 e. The number of hydrogen-bond acceptors (Lipinski definition) is 2. The van der Waals surface area contributed by atoms with E-state index in [0.29, 0.717) is 0 Å². The monoisotopic (exact) mass is 180 g/mol. The quantitative estimate of drug-likeness (QED) is 0.727. The molecular formula is C10H16N2O. The Morgan fingerprint density at radius 2 is 2.38 bits per heavy atom. The van der Waals surface area contributed by atoms with E-state index in [0.717, 1.165) is 32.6 Å². The normalized spacial score (nSPS) is 19.8. The van der Waals surface area contributed by atoms with Crippen LogP contribution in [0, 0.1) is 0 Å². The lowest BCUT2D eigenvalue weighted by atomic mass is 9.76. The fourth-order valence-electron chi connectivity index (χ4n) is 1.90. The summed E-state index contributed by atoms with van der Waals surface area (Å²) in [4.78, 5) is 3.09. The fourth-order valence-corrected chi connectivity index (χ4v) is 1.90. The Morgan fingerprint density at radius 1 is 1.54 bits per heavy atom. The molecule has 0 bridgehead atoms. The molecule has 1 aliphatic rings. The molecule has 1 aromatic heterocycles. The Balaban J connectivity index is 2.07. The van der Waals surface area contributed by atoms with E-state index in [1.807, 2.05) is 6.20 Å². The lowest BCUT2D eigenvalue weighted by Gasteiger charge is -2.41. The van der Waals surface area contributed by atoms with Crippen LogP contribution in [0.15, 0.2) is 18.5 Å². The first-order valence-electron chi connectivity index (χ1n) is 4.78. The molecule has 0 spiro atoms. The summed E-state index contributed by atoms with van der Waals surface area (Å²) in [6.45, 7) is 2.47. The highest BCUT2D eigenvalue weighted by atomic mass is 16.5. The minimum absolute atomic E-state index is 0.263. The van der Waals surface area contributed by atoms with Gasteiger partial charge in [-0.25, -0.2) is 0 Å². The zero-order valence-electron chi connectivity index (χ0n) is 7.75. The SMILES string of the molecule is NCCCC1(c2cc[nH]c2)COC1. The molecule has 3 nitrogen and oxygen atoms in total. The van der Waals surface area contributed by atoms with Gasteiger partial charge < -0.3 is 15.5 Å². The number of aromatic amines is 1. The van der Waals surface area contributed by atoms with Crippen molar-refractivity contribution in [1.29, 1.82) is 0 Å². The van der Waals surface area contributed by atoms with Crippen molar-refractivity contribution in [3.8, 4) is 0 Å². The molecule has 1 saturated heterocycles. The van der Waals surface area contributed by atoms with Crippen molar-refractivity contribution in [2.24, 2.45) is 5.73 Å². The van der Waals surface area contributed by atoms with Crippen molar-refractivity contribution in [3.05, 3.63) is 24.0 Å². The third-order valence-corrected chi connectivity index (χ3v) is 2.83. The minimum Gasteiger partial charge on any atom is -0.379 e. The number of ether oxygens (including phenoxy) is 1. The molecular weight excluding hydrogens is 164 g/mol. The zero-order chi connectivity index (χ0) is 9.15. The summed E-state index contributed by atoms with van der Waals surface area (Å²) in [6, 6.07) is 2.14. The third-order valence-electron chi connectivity index (χ3n) is 2.83. The largest absolute Gasteiger partial charge is 0.379 e. The van der Waals surface area contributed by atoms with Gasteiger partial charge in [0.25, 0.3) is 0 Å². The second-order valence-corrected chi connectivity index (χ2v) is 3.77. The molecule has 13 heavy (non-hydrogen) atoms. The van der Waals surface area contributed by atoms with Crippen LogP contribution in [0.3, 0.4) is 0 Å². The molecule has 0 radical (unpaired) electrons. The molecule has 0 unspecified atom stereocenters. The second-order valence-electron chi connectivity index (χ2n) is 3.77. The first-order valence-corrected chi connectivity index (χ1v) is 4.78. The van der Waals surface area contributed by atoms with E-state index in [2.05, 4.69) is 17.2 Å². The molecule has 0 amide bonds. The molecule has 3 N–H and O–H groups in total. The Bertz CT molecular complexity index is 252. The van der Waals surface area contributed by atoms with Gasteiger partial charge in [0.15, 0.2) is 0 Å². The van der Waals surface area contributed by atoms with E-state index in [1.54, 1.807) is 0 Å². The highest BCUT2D eigenvalue weighted by Crippen LogP contribution is 2.36. The first-order chi connectivity index (χ1) is 6.37. The highest BCUT2D eigenvalue weighted by molar-refractivity contribution is 5.24. The van der Waals surface area contributed by atoms with Crippen LogP contribution < -0.4 is 5.73 Å². The number of nitrogens with one attached hydrogen (secondary N) is 1. The molecule has 1 aromatic rings. The van der Waals surface area contributed by atoms with Gasteiger partial charge in [-0.3, -0.25) is 0 Å². The summed E-state index contributed by atoms with van der Waals surface area (Å²) in [5, 5.41) is 0. The fraction of sp³-hybridized carbons (Fsp3) is 0.600. The summed E-state index contributed by atoms with van der Waals surface area (Å²) >= 11 is 0. The van der Waals surface area contributed by atoms with Crippen LogP contribution in [-0.2, 0) is 10.2 Å². The Kier molecular flexibility index (Phi) is 2.38. The van der Waals surface area contributed by atoms with Gasteiger partial charge in [0.2, 0.25) is 0 Å². The van der Waals surface area contributed by atoms with Gasteiger partial charge in [-0.1, -0.05) is 0 Å². The third kappa shape index (κ3) is 1.49.